The van der Waals surface area contributed by atoms with Crippen LogP contribution in [0.4, 0.5) is 0 Å². The third-order valence-corrected chi connectivity index (χ3v) is 4.40. The van der Waals surface area contributed by atoms with Gasteiger partial charge in [0.15, 0.2) is 11.5 Å². The number of ether oxygens (including phenoxy) is 3. The Morgan fingerprint density at radius 1 is 0.968 bits per heavy atom. The topological polar surface area (TPSA) is 69.2 Å². The first-order valence-corrected chi connectivity index (χ1v) is 10.1. The van der Waals surface area contributed by atoms with Crippen molar-refractivity contribution in [3.05, 3.63) is 89.5 Å². The Labute approximate surface area is 182 Å². The van der Waals surface area contributed by atoms with E-state index in [1.165, 1.54) is 0 Å². The molecule has 3 aromatic rings. The number of amides is 1. The molecule has 0 radical (unpaired) electrons. The van der Waals surface area contributed by atoms with Gasteiger partial charge < -0.3 is 14.2 Å². The molecule has 1 amide bonds. The zero-order valence-electron chi connectivity index (χ0n) is 17.7. The molecule has 160 valence electrons. The molecule has 0 unspecified atom stereocenters. The van der Waals surface area contributed by atoms with Crippen LogP contribution in [0.5, 0.6) is 17.2 Å². The average Bonchev–Trinajstić information content (AvgIpc) is 2.82. The summed E-state index contributed by atoms with van der Waals surface area (Å²) >= 11 is 0. The lowest BCUT2D eigenvalue weighted by Crippen LogP contribution is -2.17. The maximum absolute atomic E-state index is 12.4. The summed E-state index contributed by atoms with van der Waals surface area (Å²) in [5, 5.41) is 4.03. The van der Waals surface area contributed by atoms with Crippen molar-refractivity contribution in [1.82, 2.24) is 5.43 Å². The number of nitrogens with zero attached hydrogens (tertiary/aromatic N) is 1. The van der Waals surface area contributed by atoms with Crippen LogP contribution in [0.3, 0.4) is 0 Å². The van der Waals surface area contributed by atoms with E-state index in [1.807, 2.05) is 61.5 Å². The van der Waals surface area contributed by atoms with Crippen LogP contribution in [0.1, 0.15) is 34.8 Å². The maximum Gasteiger partial charge on any atom is 0.271 e. The van der Waals surface area contributed by atoms with Crippen LogP contribution < -0.4 is 19.6 Å². The quantitative estimate of drug-likeness (QED) is 0.378. The molecule has 6 nitrogen and oxygen atoms in total. The summed E-state index contributed by atoms with van der Waals surface area (Å²) in [6.07, 6.45) is 2.47. The highest BCUT2D eigenvalue weighted by molar-refractivity contribution is 5.95. The van der Waals surface area contributed by atoms with Gasteiger partial charge in [0.05, 0.1) is 19.9 Å². The largest absolute Gasteiger partial charge is 0.493 e. The van der Waals surface area contributed by atoms with Gasteiger partial charge in [0, 0.05) is 5.56 Å². The number of benzene rings is 3. The van der Waals surface area contributed by atoms with Crippen molar-refractivity contribution in [3.63, 3.8) is 0 Å². The number of nitrogens with one attached hydrogen (secondary N) is 1. The van der Waals surface area contributed by atoms with Gasteiger partial charge >= 0.3 is 0 Å². The SMILES string of the molecule is CCCOc1ccc(C(=O)N/N=C/c2ccc(OCc3ccccc3)cc2)cc1OC. The predicted octanol–water partition coefficient (Wildman–Crippen LogP) is 4.83. The van der Waals surface area contributed by atoms with Crippen LogP contribution in [0, 0.1) is 0 Å². The number of rotatable bonds is 10. The number of hydrogen-bond acceptors (Lipinski definition) is 5. The molecular weight excluding hydrogens is 392 g/mol. The average molecular weight is 418 g/mol. The molecule has 3 aromatic carbocycles. The molecule has 1 N–H and O–H groups in total. The summed E-state index contributed by atoms with van der Waals surface area (Å²) in [4.78, 5) is 12.4. The summed E-state index contributed by atoms with van der Waals surface area (Å²) in [7, 11) is 1.54. The van der Waals surface area contributed by atoms with Gasteiger partial charge in [0.1, 0.15) is 12.4 Å². The van der Waals surface area contributed by atoms with Gasteiger partial charge in [-0.3, -0.25) is 4.79 Å². The van der Waals surface area contributed by atoms with Crippen LogP contribution in [0.25, 0.3) is 0 Å². The minimum absolute atomic E-state index is 0.334. The highest BCUT2D eigenvalue weighted by Crippen LogP contribution is 2.28. The first kappa shape index (κ1) is 21.9. The Hall–Kier alpha value is -3.80. The van der Waals surface area contributed by atoms with E-state index >= 15 is 0 Å². The van der Waals surface area contributed by atoms with E-state index in [9.17, 15) is 4.79 Å². The first-order valence-electron chi connectivity index (χ1n) is 10.1. The number of hydrogen-bond donors (Lipinski definition) is 1. The van der Waals surface area contributed by atoms with Gasteiger partial charge in [-0.2, -0.15) is 5.10 Å². The molecule has 0 saturated heterocycles. The molecule has 0 heterocycles. The smallest absolute Gasteiger partial charge is 0.271 e. The monoisotopic (exact) mass is 418 g/mol. The van der Waals surface area contributed by atoms with E-state index in [0.29, 0.717) is 30.3 Å². The van der Waals surface area contributed by atoms with Crippen LogP contribution in [0.2, 0.25) is 0 Å². The van der Waals surface area contributed by atoms with Crippen molar-refractivity contribution in [2.45, 2.75) is 20.0 Å². The number of carbonyl (C=O) groups is 1. The lowest BCUT2D eigenvalue weighted by atomic mass is 10.2. The molecule has 0 aliphatic carbocycles. The molecule has 0 spiro atoms. The van der Waals surface area contributed by atoms with E-state index in [0.717, 1.165) is 23.3 Å². The minimum Gasteiger partial charge on any atom is -0.493 e. The second-order valence-electron chi connectivity index (χ2n) is 6.76. The molecule has 0 fully saturated rings. The van der Waals surface area contributed by atoms with Crippen molar-refractivity contribution in [2.24, 2.45) is 5.10 Å². The zero-order valence-corrected chi connectivity index (χ0v) is 17.7. The summed E-state index contributed by atoms with van der Waals surface area (Å²) in [5.41, 5.74) is 4.91. The molecular formula is C25H26N2O4. The lowest BCUT2D eigenvalue weighted by Gasteiger charge is -2.11. The van der Waals surface area contributed by atoms with Gasteiger partial charge in [-0.25, -0.2) is 5.43 Å². The number of carbonyl (C=O) groups excluding carboxylic acids is 1. The van der Waals surface area contributed by atoms with Gasteiger partial charge in [-0.1, -0.05) is 37.3 Å². The second kappa shape index (κ2) is 11.4. The number of methoxy groups -OCH3 is 1. The van der Waals surface area contributed by atoms with E-state index in [2.05, 4.69) is 10.5 Å². The molecule has 6 heteroatoms. The standard InChI is InChI=1S/C25H26N2O4/c1-3-15-30-23-14-11-21(16-24(23)29-2)25(28)27-26-17-19-9-12-22(13-10-19)31-18-20-7-5-4-6-8-20/h4-14,16-17H,3,15,18H2,1-2H3,(H,27,28)/b26-17+. The fraction of sp³-hybridized carbons (Fsp3) is 0.200. The van der Waals surface area contributed by atoms with Gasteiger partial charge in [0.2, 0.25) is 0 Å². The maximum atomic E-state index is 12.4. The number of hydrazone groups is 1. The third kappa shape index (κ3) is 6.60. The summed E-state index contributed by atoms with van der Waals surface area (Å²) in [5.74, 6) is 1.55. The lowest BCUT2D eigenvalue weighted by molar-refractivity contribution is 0.0954. The molecule has 3 rings (SSSR count). The summed E-state index contributed by atoms with van der Waals surface area (Å²) < 4.78 is 16.7. The molecule has 0 saturated carbocycles. The van der Waals surface area contributed by atoms with Crippen molar-refractivity contribution >= 4 is 12.1 Å². The Balaban J connectivity index is 1.53. The Morgan fingerprint density at radius 2 is 1.74 bits per heavy atom. The molecule has 0 bridgehead atoms. The minimum atomic E-state index is -0.334. The van der Waals surface area contributed by atoms with Crippen LogP contribution in [0.15, 0.2) is 77.9 Å². The fourth-order valence-electron chi connectivity index (χ4n) is 2.76. The molecule has 31 heavy (non-hydrogen) atoms. The second-order valence-corrected chi connectivity index (χ2v) is 6.76. The van der Waals surface area contributed by atoms with Gasteiger partial charge in [0.25, 0.3) is 5.91 Å². The molecule has 0 aliphatic heterocycles. The fourth-order valence-corrected chi connectivity index (χ4v) is 2.76. The van der Waals surface area contributed by atoms with E-state index in [4.69, 9.17) is 14.2 Å². The molecule has 0 atom stereocenters. The first-order chi connectivity index (χ1) is 15.2. The zero-order chi connectivity index (χ0) is 21.9. The van der Waals surface area contributed by atoms with Crippen LogP contribution in [-0.2, 0) is 6.61 Å². The van der Waals surface area contributed by atoms with Crippen molar-refractivity contribution in [3.8, 4) is 17.2 Å². The molecule has 0 aromatic heterocycles. The summed E-state index contributed by atoms with van der Waals surface area (Å²) in [6, 6.07) is 22.5. The van der Waals surface area contributed by atoms with Crippen molar-refractivity contribution < 1.29 is 19.0 Å². The normalized spacial score (nSPS) is 10.6. The van der Waals surface area contributed by atoms with Crippen LogP contribution >= 0.6 is 0 Å². The molecule has 0 aliphatic rings. The van der Waals surface area contributed by atoms with Gasteiger partial charge in [-0.05, 0) is 60.0 Å². The predicted molar refractivity (Wildman–Crippen MR) is 121 cm³/mol. The van der Waals surface area contributed by atoms with E-state index in [1.54, 1.807) is 31.5 Å². The van der Waals surface area contributed by atoms with Crippen LogP contribution in [-0.4, -0.2) is 25.8 Å². The summed E-state index contributed by atoms with van der Waals surface area (Å²) in [6.45, 7) is 3.12. The highest BCUT2D eigenvalue weighted by Gasteiger charge is 2.10. The Kier molecular flexibility index (Phi) is 8.05. The van der Waals surface area contributed by atoms with Crippen molar-refractivity contribution in [2.75, 3.05) is 13.7 Å². The van der Waals surface area contributed by atoms with Crippen molar-refractivity contribution in [1.29, 1.82) is 0 Å². The third-order valence-electron chi connectivity index (χ3n) is 4.40. The van der Waals surface area contributed by atoms with Gasteiger partial charge in [-0.15, -0.1) is 0 Å². The van der Waals surface area contributed by atoms with E-state index in [-0.39, 0.29) is 5.91 Å². The Morgan fingerprint density at radius 3 is 2.45 bits per heavy atom. The Bertz CT molecular complexity index is 1000. The highest BCUT2D eigenvalue weighted by atomic mass is 16.5. The van der Waals surface area contributed by atoms with E-state index < -0.39 is 0 Å².